The molecular formula is C25H37ClN2O2S. The summed E-state index contributed by atoms with van der Waals surface area (Å²) in [5.74, 6) is 0.679. The van der Waals surface area contributed by atoms with Gasteiger partial charge in [0.1, 0.15) is 0 Å². The first-order chi connectivity index (χ1) is 14.5. The highest BCUT2D eigenvalue weighted by Gasteiger charge is 2.29. The number of rotatable bonds is 11. The molecule has 31 heavy (non-hydrogen) atoms. The summed E-state index contributed by atoms with van der Waals surface area (Å²) < 4.78 is 26.4. The van der Waals surface area contributed by atoms with E-state index in [-0.39, 0.29) is 18.2 Å². The summed E-state index contributed by atoms with van der Waals surface area (Å²) in [6.45, 7) is 5.57. The topological polar surface area (TPSA) is 58.2 Å². The Hall–Kier alpha value is -1.40. The van der Waals surface area contributed by atoms with Crippen LogP contribution in [-0.4, -0.2) is 33.3 Å². The molecule has 0 aromatic heterocycles. The molecule has 1 aliphatic carbocycles. The van der Waals surface area contributed by atoms with Gasteiger partial charge >= 0.3 is 0 Å². The summed E-state index contributed by atoms with van der Waals surface area (Å²) in [7, 11) is -3.12. The van der Waals surface area contributed by atoms with E-state index >= 15 is 0 Å². The quantitative estimate of drug-likeness (QED) is 0.477. The Kier molecular flexibility index (Phi) is 10.5. The van der Waals surface area contributed by atoms with Crippen molar-refractivity contribution in [2.45, 2.75) is 64.3 Å². The molecule has 2 aromatic rings. The smallest absolute Gasteiger partial charge is 0.211 e. The van der Waals surface area contributed by atoms with Crippen molar-refractivity contribution in [1.82, 2.24) is 10.0 Å². The molecule has 0 saturated carbocycles. The third-order valence-electron chi connectivity index (χ3n) is 6.02. The zero-order chi connectivity index (χ0) is 21.4. The Morgan fingerprint density at radius 1 is 1.03 bits per heavy atom. The molecule has 1 aliphatic rings. The van der Waals surface area contributed by atoms with Gasteiger partial charge in [-0.2, -0.15) is 0 Å². The molecule has 2 unspecified atom stereocenters. The van der Waals surface area contributed by atoms with E-state index in [4.69, 9.17) is 0 Å². The van der Waals surface area contributed by atoms with E-state index in [9.17, 15) is 8.42 Å². The van der Waals surface area contributed by atoms with Crippen LogP contribution < -0.4 is 10.0 Å². The van der Waals surface area contributed by atoms with Crippen molar-refractivity contribution in [3.8, 4) is 0 Å². The molecule has 4 nitrogen and oxygen atoms in total. The van der Waals surface area contributed by atoms with Gasteiger partial charge in [-0.15, -0.1) is 12.4 Å². The predicted molar refractivity (Wildman–Crippen MR) is 133 cm³/mol. The zero-order valence-corrected chi connectivity index (χ0v) is 20.4. The Bertz CT molecular complexity index is 903. The number of fused-ring (bicyclic) bond motifs is 1. The van der Waals surface area contributed by atoms with Gasteiger partial charge in [0.05, 0.1) is 5.75 Å². The Balaban J connectivity index is 0.00000341. The lowest BCUT2D eigenvalue weighted by Crippen LogP contribution is -2.39. The van der Waals surface area contributed by atoms with Crippen LogP contribution in [0.4, 0.5) is 0 Å². The van der Waals surface area contributed by atoms with Gasteiger partial charge in [-0.05, 0) is 67.3 Å². The van der Waals surface area contributed by atoms with Gasteiger partial charge in [0, 0.05) is 18.5 Å². The van der Waals surface area contributed by atoms with Crippen LogP contribution in [0.1, 0.15) is 61.3 Å². The average Bonchev–Trinajstić information content (AvgIpc) is 2.74. The van der Waals surface area contributed by atoms with Crippen LogP contribution in [0.5, 0.6) is 0 Å². The highest BCUT2D eigenvalue weighted by Crippen LogP contribution is 2.35. The molecule has 172 valence electrons. The number of hydrogen-bond acceptors (Lipinski definition) is 3. The van der Waals surface area contributed by atoms with E-state index in [0.717, 1.165) is 32.2 Å². The number of likely N-dealkylation sites (N-methyl/N-ethyl adjacent to an activating group) is 1. The molecule has 0 bridgehead atoms. The lowest BCUT2D eigenvalue weighted by molar-refractivity contribution is 0.392. The molecule has 0 radical (unpaired) electrons. The Labute approximate surface area is 194 Å². The molecule has 2 aromatic carbocycles. The van der Waals surface area contributed by atoms with Gasteiger partial charge in [0.2, 0.25) is 10.0 Å². The summed E-state index contributed by atoms with van der Waals surface area (Å²) in [5, 5.41) is 3.72. The van der Waals surface area contributed by atoms with Gasteiger partial charge in [-0.3, -0.25) is 0 Å². The van der Waals surface area contributed by atoms with E-state index < -0.39 is 10.0 Å². The number of benzene rings is 2. The number of nitrogens with one attached hydrogen (secondary N) is 2. The van der Waals surface area contributed by atoms with Crippen molar-refractivity contribution in [1.29, 1.82) is 0 Å². The molecule has 0 amide bonds. The SMILES string of the molecule is CCCS(=O)(=O)NCCCc1ccc2c(c1)C(Cc1ccccc1)C(NCC)CC2.Cl. The monoisotopic (exact) mass is 464 g/mol. The van der Waals surface area contributed by atoms with Crippen LogP contribution >= 0.6 is 12.4 Å². The predicted octanol–water partition coefficient (Wildman–Crippen LogP) is 4.62. The third kappa shape index (κ3) is 7.60. The first kappa shape index (κ1) is 25.9. The summed E-state index contributed by atoms with van der Waals surface area (Å²) in [4.78, 5) is 0. The standard InChI is InChI=1S/C25H36N2O2S.ClH/c1-3-17-30(28,29)27-16-8-11-21-12-13-22-14-15-25(26-4-2)24(23(22)18-21)19-20-9-6-5-7-10-20;/h5-7,9-10,12-13,18,24-27H,3-4,8,11,14-17,19H2,1-2H3;1H. The fourth-order valence-corrected chi connectivity index (χ4v) is 5.73. The average molecular weight is 465 g/mol. The van der Waals surface area contributed by atoms with E-state index in [2.05, 4.69) is 65.5 Å². The van der Waals surface area contributed by atoms with Crippen molar-refractivity contribution in [2.75, 3.05) is 18.8 Å². The number of hydrogen-bond donors (Lipinski definition) is 2. The highest BCUT2D eigenvalue weighted by atomic mass is 35.5. The maximum atomic E-state index is 11.8. The maximum Gasteiger partial charge on any atom is 0.211 e. The van der Waals surface area contributed by atoms with Crippen LogP contribution in [0.15, 0.2) is 48.5 Å². The fourth-order valence-electron chi connectivity index (χ4n) is 4.59. The van der Waals surface area contributed by atoms with Crippen LogP contribution in [-0.2, 0) is 29.3 Å². The van der Waals surface area contributed by atoms with Crippen molar-refractivity contribution < 1.29 is 8.42 Å². The Morgan fingerprint density at radius 3 is 2.52 bits per heavy atom. The minimum atomic E-state index is -3.12. The van der Waals surface area contributed by atoms with E-state index in [1.54, 1.807) is 0 Å². The number of halogens is 1. The lowest BCUT2D eigenvalue weighted by atomic mass is 9.75. The second-order valence-corrected chi connectivity index (χ2v) is 10.3. The number of aryl methyl sites for hydroxylation is 2. The van der Waals surface area contributed by atoms with E-state index in [0.29, 0.717) is 24.9 Å². The van der Waals surface area contributed by atoms with Crippen LogP contribution in [0.2, 0.25) is 0 Å². The van der Waals surface area contributed by atoms with Gasteiger partial charge in [0.15, 0.2) is 0 Å². The Morgan fingerprint density at radius 2 is 1.81 bits per heavy atom. The molecule has 3 rings (SSSR count). The summed E-state index contributed by atoms with van der Waals surface area (Å²) in [6.07, 6.45) is 5.71. The molecule has 2 N–H and O–H groups in total. The molecular weight excluding hydrogens is 428 g/mol. The second kappa shape index (κ2) is 12.6. The minimum absolute atomic E-state index is 0. The van der Waals surface area contributed by atoms with Crippen molar-refractivity contribution in [3.05, 3.63) is 70.8 Å². The van der Waals surface area contributed by atoms with Gasteiger partial charge in [-0.25, -0.2) is 13.1 Å². The van der Waals surface area contributed by atoms with Crippen molar-refractivity contribution >= 4 is 22.4 Å². The van der Waals surface area contributed by atoms with Crippen molar-refractivity contribution in [3.63, 3.8) is 0 Å². The highest BCUT2D eigenvalue weighted by molar-refractivity contribution is 7.89. The van der Waals surface area contributed by atoms with Gasteiger partial charge in [-0.1, -0.05) is 62.4 Å². The second-order valence-electron chi connectivity index (χ2n) is 8.35. The molecule has 2 atom stereocenters. The number of sulfonamides is 1. The normalized spacial score (nSPS) is 18.3. The van der Waals surface area contributed by atoms with Crippen LogP contribution in [0, 0.1) is 0 Å². The molecule has 0 saturated heterocycles. The summed E-state index contributed by atoms with van der Waals surface area (Å²) in [6, 6.07) is 18.2. The van der Waals surface area contributed by atoms with Crippen molar-refractivity contribution in [2.24, 2.45) is 0 Å². The molecule has 0 aliphatic heterocycles. The van der Waals surface area contributed by atoms with Gasteiger partial charge < -0.3 is 5.32 Å². The molecule has 6 heteroatoms. The summed E-state index contributed by atoms with van der Waals surface area (Å²) >= 11 is 0. The van der Waals surface area contributed by atoms with Gasteiger partial charge in [0.25, 0.3) is 0 Å². The molecule has 0 spiro atoms. The zero-order valence-electron chi connectivity index (χ0n) is 18.8. The fraction of sp³-hybridized carbons (Fsp3) is 0.520. The molecule has 0 fully saturated rings. The first-order valence-electron chi connectivity index (χ1n) is 11.4. The summed E-state index contributed by atoms with van der Waals surface area (Å²) in [5.41, 5.74) is 5.63. The van der Waals surface area contributed by atoms with E-state index in [1.165, 1.54) is 28.7 Å². The minimum Gasteiger partial charge on any atom is -0.314 e. The molecule has 0 heterocycles. The van der Waals surface area contributed by atoms with Crippen LogP contribution in [0.25, 0.3) is 0 Å². The first-order valence-corrected chi connectivity index (χ1v) is 13.0. The van der Waals surface area contributed by atoms with E-state index in [1.807, 2.05) is 6.92 Å². The lowest BCUT2D eigenvalue weighted by Gasteiger charge is -2.35. The largest absolute Gasteiger partial charge is 0.314 e. The third-order valence-corrected chi connectivity index (χ3v) is 7.61. The van der Waals surface area contributed by atoms with Crippen LogP contribution in [0.3, 0.4) is 0 Å². The maximum absolute atomic E-state index is 11.8.